The van der Waals surface area contributed by atoms with Gasteiger partial charge in [-0.15, -0.1) is 0 Å². The molecule has 0 amide bonds. The first kappa shape index (κ1) is 18.7. The minimum Gasteiger partial charge on any atom is -0.319 e. The zero-order valence-electron chi connectivity index (χ0n) is 15.5. The first-order valence-electron chi connectivity index (χ1n) is 8.93. The first-order valence-corrected chi connectivity index (χ1v) is 9.69. The number of imidazole rings is 1. The lowest BCUT2D eigenvalue weighted by molar-refractivity contribution is 0.112. The molecule has 1 heterocycles. The molecule has 1 aromatic heterocycles. The highest BCUT2D eigenvalue weighted by Crippen LogP contribution is 2.29. The van der Waals surface area contributed by atoms with Gasteiger partial charge in [0.15, 0.2) is 0 Å². The van der Waals surface area contributed by atoms with Gasteiger partial charge in [0.05, 0.1) is 21.1 Å². The number of rotatable bonds is 4. The summed E-state index contributed by atoms with van der Waals surface area (Å²) in [7, 11) is 0. The Morgan fingerprint density at radius 2 is 1.64 bits per heavy atom. The smallest absolute Gasteiger partial charge is 0.150 e. The van der Waals surface area contributed by atoms with Crippen molar-refractivity contribution in [1.82, 2.24) is 9.55 Å². The van der Waals surface area contributed by atoms with E-state index in [4.69, 9.17) is 28.2 Å². The second-order valence-electron chi connectivity index (χ2n) is 6.94. The van der Waals surface area contributed by atoms with E-state index in [1.165, 1.54) is 11.1 Å². The van der Waals surface area contributed by atoms with Gasteiger partial charge in [-0.3, -0.25) is 4.79 Å². The molecule has 3 aromatic carbocycles. The highest BCUT2D eigenvalue weighted by Gasteiger charge is 2.15. The van der Waals surface area contributed by atoms with E-state index in [2.05, 4.69) is 30.5 Å². The van der Waals surface area contributed by atoms with Gasteiger partial charge < -0.3 is 4.57 Å². The van der Waals surface area contributed by atoms with Gasteiger partial charge >= 0.3 is 0 Å². The maximum atomic E-state index is 11.0. The van der Waals surface area contributed by atoms with Crippen molar-refractivity contribution in [3.05, 3.63) is 86.9 Å². The number of aldehydes is 1. The predicted octanol–water partition coefficient (Wildman–Crippen LogP) is 6.49. The highest BCUT2D eigenvalue weighted by atomic mass is 35.5. The Kier molecular flexibility index (Phi) is 4.96. The van der Waals surface area contributed by atoms with E-state index < -0.39 is 0 Å². The molecule has 0 aliphatic rings. The molecule has 0 aliphatic carbocycles. The second-order valence-corrected chi connectivity index (χ2v) is 7.75. The van der Waals surface area contributed by atoms with Crippen LogP contribution in [0.5, 0.6) is 0 Å². The van der Waals surface area contributed by atoms with E-state index >= 15 is 0 Å². The van der Waals surface area contributed by atoms with E-state index in [-0.39, 0.29) is 0 Å². The zero-order chi connectivity index (χ0) is 19.8. The van der Waals surface area contributed by atoms with Crippen LogP contribution >= 0.6 is 23.2 Å². The van der Waals surface area contributed by atoms with Crippen molar-refractivity contribution in [2.24, 2.45) is 0 Å². The van der Waals surface area contributed by atoms with Crippen molar-refractivity contribution < 1.29 is 4.79 Å². The number of fused-ring (bicyclic) bond motifs is 1. The summed E-state index contributed by atoms with van der Waals surface area (Å²) < 4.78 is 2.18. The second kappa shape index (κ2) is 7.42. The lowest BCUT2D eigenvalue weighted by Gasteiger charge is -2.11. The van der Waals surface area contributed by atoms with Crippen LogP contribution in [0.15, 0.2) is 54.6 Å². The molecule has 0 saturated heterocycles. The van der Waals surface area contributed by atoms with E-state index in [9.17, 15) is 4.79 Å². The SMILES string of the molecule is Cc1cc2nc(-c3ccc(C=O)cc3)n(Cc3ccc(Cl)c(Cl)c3)c2cc1C. The molecule has 0 radical (unpaired) electrons. The maximum absolute atomic E-state index is 11.0. The van der Waals surface area contributed by atoms with Crippen LogP contribution in [0.1, 0.15) is 27.0 Å². The molecule has 0 saturated carbocycles. The van der Waals surface area contributed by atoms with Gasteiger partial charge in [-0.25, -0.2) is 4.98 Å². The van der Waals surface area contributed by atoms with Gasteiger partial charge in [0.1, 0.15) is 12.1 Å². The monoisotopic (exact) mass is 408 g/mol. The summed E-state index contributed by atoms with van der Waals surface area (Å²) in [5.41, 5.74) is 7.05. The first-order chi connectivity index (χ1) is 13.5. The predicted molar refractivity (Wildman–Crippen MR) is 116 cm³/mol. The Morgan fingerprint density at radius 1 is 0.929 bits per heavy atom. The maximum Gasteiger partial charge on any atom is 0.150 e. The summed E-state index contributed by atoms with van der Waals surface area (Å²) in [6.07, 6.45) is 0.842. The van der Waals surface area contributed by atoms with Crippen molar-refractivity contribution in [3.63, 3.8) is 0 Å². The van der Waals surface area contributed by atoms with Gasteiger partial charge in [0, 0.05) is 17.7 Å². The van der Waals surface area contributed by atoms with Crippen LogP contribution in [0.3, 0.4) is 0 Å². The number of aromatic nitrogens is 2. The summed E-state index contributed by atoms with van der Waals surface area (Å²) in [4.78, 5) is 15.9. The number of carbonyl (C=O) groups is 1. The van der Waals surface area contributed by atoms with Crippen molar-refractivity contribution in [2.45, 2.75) is 20.4 Å². The largest absolute Gasteiger partial charge is 0.319 e. The number of nitrogens with zero attached hydrogens (tertiary/aromatic N) is 2. The molecular formula is C23H18Cl2N2O. The Hall–Kier alpha value is -2.62. The lowest BCUT2D eigenvalue weighted by Crippen LogP contribution is -2.03. The third-order valence-corrected chi connectivity index (χ3v) is 5.73. The Balaban J connectivity index is 1.90. The molecule has 0 unspecified atom stereocenters. The van der Waals surface area contributed by atoms with Crippen LogP contribution in [0.25, 0.3) is 22.4 Å². The van der Waals surface area contributed by atoms with Crippen molar-refractivity contribution >= 4 is 40.5 Å². The summed E-state index contributed by atoms with van der Waals surface area (Å²) >= 11 is 12.3. The number of halogens is 2. The zero-order valence-corrected chi connectivity index (χ0v) is 17.1. The molecule has 0 spiro atoms. The Bertz CT molecular complexity index is 1190. The fraction of sp³-hybridized carbons (Fsp3) is 0.130. The van der Waals surface area contributed by atoms with Crippen LogP contribution in [0, 0.1) is 13.8 Å². The molecule has 0 atom stereocenters. The van der Waals surface area contributed by atoms with Gasteiger partial charge in [0.2, 0.25) is 0 Å². The number of aryl methyl sites for hydroxylation is 2. The molecule has 0 fully saturated rings. The minimum atomic E-state index is 0.535. The summed E-state index contributed by atoms with van der Waals surface area (Å²) in [5.74, 6) is 0.850. The van der Waals surface area contributed by atoms with E-state index in [1.807, 2.05) is 42.5 Å². The minimum absolute atomic E-state index is 0.535. The van der Waals surface area contributed by atoms with Gasteiger partial charge in [-0.05, 0) is 54.8 Å². The molecule has 0 N–H and O–H groups in total. The van der Waals surface area contributed by atoms with E-state index in [1.54, 1.807) is 0 Å². The van der Waals surface area contributed by atoms with Crippen LogP contribution in [-0.4, -0.2) is 15.8 Å². The van der Waals surface area contributed by atoms with Crippen molar-refractivity contribution in [3.8, 4) is 11.4 Å². The molecule has 0 aliphatic heterocycles. The fourth-order valence-corrected chi connectivity index (χ4v) is 3.61. The van der Waals surface area contributed by atoms with Crippen molar-refractivity contribution in [1.29, 1.82) is 0 Å². The third kappa shape index (κ3) is 3.44. The normalized spacial score (nSPS) is 11.1. The van der Waals surface area contributed by atoms with Crippen LogP contribution in [0.2, 0.25) is 10.0 Å². The number of hydrogen-bond donors (Lipinski definition) is 0. The molecule has 4 rings (SSSR count). The average molecular weight is 409 g/mol. The molecule has 3 nitrogen and oxygen atoms in total. The standard InChI is InChI=1S/C23H18Cl2N2O/c1-14-9-21-22(10-15(14)2)27(12-17-5-8-19(24)20(25)11-17)23(26-21)18-6-3-16(13-28)4-7-18/h3-11,13H,12H2,1-2H3. The van der Waals surface area contributed by atoms with Gasteiger partial charge in [-0.2, -0.15) is 0 Å². The third-order valence-electron chi connectivity index (χ3n) is 4.99. The number of carbonyl (C=O) groups excluding carboxylic acids is 1. The quantitative estimate of drug-likeness (QED) is 0.361. The molecule has 28 heavy (non-hydrogen) atoms. The van der Waals surface area contributed by atoms with Crippen LogP contribution in [0.4, 0.5) is 0 Å². The van der Waals surface area contributed by atoms with Crippen LogP contribution < -0.4 is 0 Å². The molecule has 4 aromatic rings. The summed E-state index contributed by atoms with van der Waals surface area (Å²) in [6, 6.07) is 17.4. The highest BCUT2D eigenvalue weighted by molar-refractivity contribution is 6.42. The topological polar surface area (TPSA) is 34.9 Å². The fourth-order valence-electron chi connectivity index (χ4n) is 3.29. The molecule has 0 bridgehead atoms. The van der Waals surface area contributed by atoms with Crippen molar-refractivity contribution in [2.75, 3.05) is 0 Å². The van der Waals surface area contributed by atoms with Crippen LogP contribution in [-0.2, 0) is 6.54 Å². The van der Waals surface area contributed by atoms with E-state index in [0.717, 1.165) is 34.3 Å². The lowest BCUT2D eigenvalue weighted by atomic mass is 10.1. The Labute approximate surface area is 173 Å². The molecule has 140 valence electrons. The van der Waals surface area contributed by atoms with Gasteiger partial charge in [0.25, 0.3) is 0 Å². The molecular weight excluding hydrogens is 391 g/mol. The number of benzene rings is 3. The average Bonchev–Trinajstić information content (AvgIpc) is 3.02. The Morgan fingerprint density at radius 3 is 2.32 bits per heavy atom. The summed E-state index contributed by atoms with van der Waals surface area (Å²) in [6.45, 7) is 4.80. The molecule has 5 heteroatoms. The van der Waals surface area contributed by atoms with E-state index in [0.29, 0.717) is 22.2 Å². The number of hydrogen-bond acceptors (Lipinski definition) is 2. The van der Waals surface area contributed by atoms with Gasteiger partial charge in [-0.1, -0.05) is 53.5 Å². The summed E-state index contributed by atoms with van der Waals surface area (Å²) in [5, 5.41) is 1.07.